The summed E-state index contributed by atoms with van der Waals surface area (Å²) in [4.78, 5) is 15.5. The molecule has 7 heteroatoms. The van der Waals surface area contributed by atoms with E-state index in [-0.39, 0.29) is 18.0 Å². The lowest BCUT2D eigenvalue weighted by atomic mass is 10.00. The molecule has 2 fully saturated rings. The largest absolute Gasteiger partial charge is 0.389 e. The SMILES string of the molecule is CCc1nnsc1C(=O)N[C@@H]1CCCC[C@@H](N2CCCC2)[C@@H]1O. The number of aryl methyl sites for hydroxylation is 1. The summed E-state index contributed by atoms with van der Waals surface area (Å²) < 4.78 is 3.88. The minimum Gasteiger partial charge on any atom is -0.389 e. The van der Waals surface area contributed by atoms with Gasteiger partial charge >= 0.3 is 0 Å². The lowest BCUT2D eigenvalue weighted by molar-refractivity contribution is 0.0338. The summed E-state index contributed by atoms with van der Waals surface area (Å²) in [6, 6.07) is -0.00191. The first-order chi connectivity index (χ1) is 11.2. The van der Waals surface area contributed by atoms with Crippen molar-refractivity contribution in [3.8, 4) is 0 Å². The number of amides is 1. The Hall–Kier alpha value is -1.05. The Morgan fingerprint density at radius 2 is 2.04 bits per heavy atom. The highest BCUT2D eigenvalue weighted by molar-refractivity contribution is 7.08. The van der Waals surface area contributed by atoms with E-state index >= 15 is 0 Å². The standard InChI is InChI=1S/C16H26N4O2S/c1-2-11-15(23-19-18-11)16(22)17-12-7-3-4-8-13(14(12)21)20-9-5-6-10-20/h12-14,21H,2-10H2,1H3,(H,17,22)/t12-,13-,14-/m1/s1. The van der Waals surface area contributed by atoms with Gasteiger partial charge in [0.2, 0.25) is 0 Å². The van der Waals surface area contributed by atoms with Crippen molar-refractivity contribution in [3.05, 3.63) is 10.6 Å². The molecule has 128 valence electrons. The van der Waals surface area contributed by atoms with Gasteiger partial charge in [-0.1, -0.05) is 24.3 Å². The highest BCUT2D eigenvalue weighted by atomic mass is 32.1. The van der Waals surface area contributed by atoms with Crippen LogP contribution < -0.4 is 5.32 Å². The molecule has 1 amide bonds. The zero-order valence-electron chi connectivity index (χ0n) is 13.7. The minimum atomic E-state index is -0.495. The van der Waals surface area contributed by atoms with Crippen molar-refractivity contribution >= 4 is 17.4 Å². The highest BCUT2D eigenvalue weighted by Crippen LogP contribution is 2.26. The topological polar surface area (TPSA) is 78.4 Å². The number of rotatable bonds is 4. The summed E-state index contributed by atoms with van der Waals surface area (Å²) >= 11 is 1.14. The maximum absolute atomic E-state index is 12.5. The van der Waals surface area contributed by atoms with Gasteiger partial charge in [0, 0.05) is 6.04 Å². The second-order valence-electron chi connectivity index (χ2n) is 6.57. The molecule has 0 bridgehead atoms. The molecule has 0 spiro atoms. The van der Waals surface area contributed by atoms with Gasteiger partial charge in [0.05, 0.1) is 17.8 Å². The first-order valence-corrected chi connectivity index (χ1v) is 9.52. The highest BCUT2D eigenvalue weighted by Gasteiger charge is 2.36. The molecule has 1 saturated carbocycles. The number of likely N-dealkylation sites (tertiary alicyclic amines) is 1. The zero-order chi connectivity index (χ0) is 16.2. The van der Waals surface area contributed by atoms with Crippen LogP contribution in [0.1, 0.15) is 60.8 Å². The fraction of sp³-hybridized carbons (Fsp3) is 0.812. The number of aliphatic hydroxyl groups excluding tert-OH is 1. The Morgan fingerprint density at radius 3 is 2.78 bits per heavy atom. The average molecular weight is 338 g/mol. The molecular formula is C16H26N4O2S. The normalized spacial score (nSPS) is 29.4. The maximum atomic E-state index is 12.5. The van der Waals surface area contributed by atoms with Gasteiger partial charge in [-0.2, -0.15) is 0 Å². The first-order valence-electron chi connectivity index (χ1n) is 8.75. The maximum Gasteiger partial charge on any atom is 0.265 e. The molecule has 6 nitrogen and oxygen atoms in total. The van der Waals surface area contributed by atoms with E-state index in [9.17, 15) is 9.90 Å². The predicted octanol–water partition coefficient (Wildman–Crippen LogP) is 1.60. The Morgan fingerprint density at radius 1 is 1.30 bits per heavy atom. The van der Waals surface area contributed by atoms with Crippen molar-refractivity contribution in [1.29, 1.82) is 0 Å². The fourth-order valence-electron chi connectivity index (χ4n) is 3.80. The molecule has 0 radical (unpaired) electrons. The number of nitrogens with one attached hydrogen (secondary N) is 1. The van der Waals surface area contributed by atoms with E-state index < -0.39 is 6.10 Å². The van der Waals surface area contributed by atoms with Crippen LogP contribution in [0.25, 0.3) is 0 Å². The van der Waals surface area contributed by atoms with Crippen LogP contribution in [0.15, 0.2) is 0 Å². The van der Waals surface area contributed by atoms with Crippen LogP contribution in [0.3, 0.4) is 0 Å². The Labute approximate surface area is 141 Å². The van der Waals surface area contributed by atoms with Crippen molar-refractivity contribution in [3.63, 3.8) is 0 Å². The number of carbonyl (C=O) groups excluding carboxylic acids is 1. The van der Waals surface area contributed by atoms with Crippen molar-refractivity contribution in [2.45, 2.75) is 70.1 Å². The van der Waals surface area contributed by atoms with Crippen molar-refractivity contribution in [1.82, 2.24) is 19.8 Å². The summed E-state index contributed by atoms with van der Waals surface area (Å²) in [5, 5.41) is 17.9. The van der Waals surface area contributed by atoms with Crippen LogP contribution in [0.4, 0.5) is 0 Å². The Bertz CT molecular complexity index is 530. The lowest BCUT2D eigenvalue weighted by Crippen LogP contribution is -2.52. The number of hydrogen-bond acceptors (Lipinski definition) is 6. The number of hydrogen-bond donors (Lipinski definition) is 2. The van der Waals surface area contributed by atoms with E-state index in [2.05, 4.69) is 19.8 Å². The van der Waals surface area contributed by atoms with Crippen LogP contribution in [-0.2, 0) is 6.42 Å². The smallest absolute Gasteiger partial charge is 0.265 e. The molecule has 0 unspecified atom stereocenters. The molecule has 1 aliphatic heterocycles. The van der Waals surface area contributed by atoms with Crippen molar-refractivity contribution < 1.29 is 9.90 Å². The summed E-state index contributed by atoms with van der Waals surface area (Å²) in [7, 11) is 0. The second kappa shape index (κ2) is 7.68. The van der Waals surface area contributed by atoms with E-state index in [1.165, 1.54) is 12.8 Å². The summed E-state index contributed by atoms with van der Waals surface area (Å²) in [5.74, 6) is -0.136. The van der Waals surface area contributed by atoms with Gasteiger partial charge in [0.1, 0.15) is 4.88 Å². The van der Waals surface area contributed by atoms with Crippen LogP contribution in [0.5, 0.6) is 0 Å². The fourth-order valence-corrected chi connectivity index (χ4v) is 4.46. The van der Waals surface area contributed by atoms with Gasteiger partial charge in [-0.15, -0.1) is 5.10 Å². The van der Waals surface area contributed by atoms with E-state index in [1.54, 1.807) is 0 Å². The number of aromatic nitrogens is 2. The average Bonchev–Trinajstić information content (AvgIpc) is 3.21. The quantitative estimate of drug-likeness (QED) is 0.815. The van der Waals surface area contributed by atoms with Crippen LogP contribution in [0, 0.1) is 0 Å². The third-order valence-corrected chi connectivity index (χ3v) is 5.86. The third kappa shape index (κ3) is 3.72. The van der Waals surface area contributed by atoms with Gasteiger partial charge in [-0.25, -0.2) is 0 Å². The van der Waals surface area contributed by atoms with E-state index in [1.807, 2.05) is 6.92 Å². The Kier molecular flexibility index (Phi) is 5.61. The first kappa shape index (κ1) is 16.8. The lowest BCUT2D eigenvalue weighted by Gasteiger charge is -2.34. The number of nitrogens with zero attached hydrogens (tertiary/aromatic N) is 3. The van der Waals surface area contributed by atoms with Gasteiger partial charge in [-0.3, -0.25) is 9.69 Å². The summed E-state index contributed by atoms with van der Waals surface area (Å²) in [6.45, 7) is 4.11. The van der Waals surface area contributed by atoms with Crippen LogP contribution in [-0.4, -0.2) is 56.8 Å². The Balaban J connectivity index is 1.69. The van der Waals surface area contributed by atoms with E-state index in [0.717, 1.165) is 56.0 Å². The molecule has 1 saturated heterocycles. The van der Waals surface area contributed by atoms with Gasteiger partial charge < -0.3 is 10.4 Å². The molecule has 2 aliphatic rings. The molecule has 0 aromatic carbocycles. The van der Waals surface area contributed by atoms with Crippen LogP contribution in [0.2, 0.25) is 0 Å². The van der Waals surface area contributed by atoms with Crippen LogP contribution >= 0.6 is 11.5 Å². The monoisotopic (exact) mass is 338 g/mol. The van der Waals surface area contributed by atoms with Crippen molar-refractivity contribution in [2.75, 3.05) is 13.1 Å². The molecule has 1 aromatic heterocycles. The molecule has 23 heavy (non-hydrogen) atoms. The molecule has 2 heterocycles. The molecule has 3 atom stereocenters. The molecular weight excluding hydrogens is 312 g/mol. The summed E-state index contributed by atoms with van der Waals surface area (Å²) in [6.07, 6.45) is 6.66. The zero-order valence-corrected chi connectivity index (χ0v) is 14.5. The molecule has 1 aliphatic carbocycles. The number of carbonyl (C=O) groups is 1. The number of aliphatic hydroxyl groups is 1. The minimum absolute atomic E-state index is 0.136. The molecule has 1 aromatic rings. The van der Waals surface area contributed by atoms with E-state index in [0.29, 0.717) is 11.3 Å². The molecule has 2 N–H and O–H groups in total. The van der Waals surface area contributed by atoms with Gasteiger partial charge in [-0.05, 0) is 56.7 Å². The summed E-state index contributed by atoms with van der Waals surface area (Å²) in [5.41, 5.74) is 0.742. The van der Waals surface area contributed by atoms with E-state index in [4.69, 9.17) is 0 Å². The van der Waals surface area contributed by atoms with Gasteiger partial charge in [0.25, 0.3) is 5.91 Å². The predicted molar refractivity (Wildman–Crippen MR) is 89.6 cm³/mol. The molecule has 3 rings (SSSR count). The van der Waals surface area contributed by atoms with Gasteiger partial charge in [0.15, 0.2) is 0 Å². The second-order valence-corrected chi connectivity index (χ2v) is 7.32. The third-order valence-electron chi connectivity index (χ3n) is 5.09. The van der Waals surface area contributed by atoms with Crippen molar-refractivity contribution in [2.24, 2.45) is 0 Å².